The molecule has 34 heavy (non-hydrogen) atoms. The molecule has 182 valence electrons. The monoisotopic (exact) mass is 463 g/mol. The van der Waals surface area contributed by atoms with Gasteiger partial charge >= 0.3 is 5.97 Å². The second-order valence-electron chi connectivity index (χ2n) is 10.9. The third kappa shape index (κ3) is 3.71. The number of ether oxygens (including phenoxy) is 2. The van der Waals surface area contributed by atoms with Crippen LogP contribution < -0.4 is 10.5 Å². The van der Waals surface area contributed by atoms with Gasteiger partial charge in [-0.3, -0.25) is 0 Å². The standard InChI is InChI=1S/C29H37NO4/c1-3-28-14-12-24-23-11-9-21(31)16-19(23)8-10-25(24)26(28)13-15-29(28,4-2)34-27(32)18-33-22-7-5-6-20(30)17-22/h2,5-7,16-17,21,23-26,31H,3,8-15,18,30H2,1H3/t21?,23?,24?,25?,26?,28-,29-/m0/s1. The van der Waals surface area contributed by atoms with Gasteiger partial charge in [0.1, 0.15) is 5.75 Å². The Morgan fingerprint density at radius 1 is 1.21 bits per heavy atom. The first kappa shape index (κ1) is 23.3. The van der Waals surface area contributed by atoms with Gasteiger partial charge in [-0.1, -0.05) is 30.6 Å². The van der Waals surface area contributed by atoms with Crippen molar-refractivity contribution in [3.05, 3.63) is 35.9 Å². The summed E-state index contributed by atoms with van der Waals surface area (Å²) in [5.74, 6) is 5.49. The number of nitrogen functional groups attached to an aromatic ring is 1. The lowest BCUT2D eigenvalue weighted by Crippen LogP contribution is -2.55. The molecule has 0 radical (unpaired) electrons. The van der Waals surface area contributed by atoms with Gasteiger partial charge in [-0.2, -0.15) is 0 Å². The third-order valence-electron chi connectivity index (χ3n) is 9.62. The number of nitrogens with two attached hydrogens (primary N) is 1. The molecular weight excluding hydrogens is 426 g/mol. The van der Waals surface area contributed by atoms with E-state index in [1.807, 2.05) is 0 Å². The smallest absolute Gasteiger partial charge is 0.345 e. The molecule has 5 heteroatoms. The van der Waals surface area contributed by atoms with Gasteiger partial charge in [0.2, 0.25) is 0 Å². The molecule has 1 aromatic carbocycles. The van der Waals surface area contributed by atoms with E-state index in [9.17, 15) is 9.90 Å². The normalized spacial score (nSPS) is 38.5. The summed E-state index contributed by atoms with van der Waals surface area (Å²) < 4.78 is 11.8. The van der Waals surface area contributed by atoms with Crippen LogP contribution in [0.4, 0.5) is 5.69 Å². The fourth-order valence-electron chi connectivity index (χ4n) is 8.22. The van der Waals surface area contributed by atoms with E-state index in [4.69, 9.17) is 21.6 Å². The highest BCUT2D eigenvalue weighted by Crippen LogP contribution is 2.67. The molecule has 5 nitrogen and oxygen atoms in total. The maximum atomic E-state index is 13.0. The topological polar surface area (TPSA) is 81.8 Å². The van der Waals surface area contributed by atoms with Crippen LogP contribution in [0.1, 0.15) is 64.7 Å². The number of allylic oxidation sites excluding steroid dienone is 1. The maximum Gasteiger partial charge on any atom is 0.345 e. The van der Waals surface area contributed by atoms with Crippen molar-refractivity contribution in [2.75, 3.05) is 12.3 Å². The fraction of sp³-hybridized carbons (Fsp3) is 0.621. The highest BCUT2D eigenvalue weighted by atomic mass is 16.6. The Bertz CT molecular complexity index is 1010. The zero-order chi connectivity index (χ0) is 23.9. The summed E-state index contributed by atoms with van der Waals surface area (Å²) in [6.07, 6.45) is 17.0. The van der Waals surface area contributed by atoms with Crippen LogP contribution >= 0.6 is 0 Å². The van der Waals surface area contributed by atoms with Crippen molar-refractivity contribution in [1.29, 1.82) is 0 Å². The van der Waals surface area contributed by atoms with Crippen molar-refractivity contribution in [2.24, 2.45) is 29.1 Å². The van der Waals surface area contributed by atoms with Gasteiger partial charge in [0.05, 0.1) is 6.10 Å². The van der Waals surface area contributed by atoms with Crippen molar-refractivity contribution in [2.45, 2.75) is 76.4 Å². The Kier molecular flexibility index (Phi) is 6.14. The number of terminal acetylenes is 1. The highest BCUT2D eigenvalue weighted by molar-refractivity contribution is 5.72. The average molecular weight is 464 g/mol. The van der Waals surface area contributed by atoms with Crippen molar-refractivity contribution >= 4 is 11.7 Å². The van der Waals surface area contributed by atoms with Crippen LogP contribution in [-0.4, -0.2) is 29.4 Å². The summed E-state index contributed by atoms with van der Waals surface area (Å²) in [5.41, 5.74) is 6.84. The largest absolute Gasteiger partial charge is 0.482 e. The predicted molar refractivity (Wildman–Crippen MR) is 132 cm³/mol. The van der Waals surface area contributed by atoms with Crippen LogP contribution in [0.5, 0.6) is 5.75 Å². The number of carbonyl (C=O) groups excluding carboxylic acids is 1. The maximum absolute atomic E-state index is 13.0. The quantitative estimate of drug-likeness (QED) is 0.281. The Morgan fingerprint density at radius 3 is 2.82 bits per heavy atom. The highest BCUT2D eigenvalue weighted by Gasteiger charge is 2.65. The minimum Gasteiger partial charge on any atom is -0.482 e. The van der Waals surface area contributed by atoms with Gasteiger partial charge in [0.15, 0.2) is 12.2 Å². The number of anilines is 1. The zero-order valence-corrected chi connectivity index (χ0v) is 20.2. The molecule has 0 spiro atoms. The van der Waals surface area contributed by atoms with Gasteiger partial charge in [-0.15, -0.1) is 6.42 Å². The molecule has 1 aromatic rings. The van der Waals surface area contributed by atoms with Crippen LogP contribution in [0.15, 0.2) is 35.9 Å². The van der Waals surface area contributed by atoms with E-state index in [1.54, 1.807) is 24.3 Å². The number of aliphatic hydroxyl groups excluding tert-OH is 1. The van der Waals surface area contributed by atoms with E-state index in [2.05, 4.69) is 18.9 Å². The zero-order valence-electron chi connectivity index (χ0n) is 20.2. The lowest BCUT2D eigenvalue weighted by Gasteiger charge is -2.56. The van der Waals surface area contributed by atoms with Crippen molar-refractivity contribution in [3.63, 3.8) is 0 Å². The molecule has 0 heterocycles. The van der Waals surface area contributed by atoms with E-state index >= 15 is 0 Å². The van der Waals surface area contributed by atoms with Gasteiger partial charge in [0, 0.05) is 17.2 Å². The summed E-state index contributed by atoms with van der Waals surface area (Å²) >= 11 is 0. The van der Waals surface area contributed by atoms with Crippen LogP contribution in [-0.2, 0) is 9.53 Å². The minimum absolute atomic E-state index is 0.175. The van der Waals surface area contributed by atoms with Gasteiger partial charge in [-0.25, -0.2) is 4.79 Å². The van der Waals surface area contributed by atoms with Gasteiger partial charge in [-0.05, 0) is 93.6 Å². The Labute approximate surface area is 203 Å². The lowest BCUT2D eigenvalue weighted by atomic mass is 9.49. The first-order valence-electron chi connectivity index (χ1n) is 13.0. The van der Waals surface area contributed by atoms with Crippen LogP contribution in [0.3, 0.4) is 0 Å². The predicted octanol–water partition coefficient (Wildman–Crippen LogP) is 4.89. The number of hydrogen-bond donors (Lipinski definition) is 2. The van der Waals surface area contributed by atoms with Crippen molar-refractivity contribution in [1.82, 2.24) is 0 Å². The third-order valence-corrected chi connectivity index (χ3v) is 9.62. The number of rotatable bonds is 5. The van der Waals surface area contributed by atoms with E-state index < -0.39 is 11.6 Å². The molecule has 0 amide bonds. The second kappa shape index (κ2) is 8.96. The summed E-state index contributed by atoms with van der Waals surface area (Å²) in [7, 11) is 0. The molecule has 4 aliphatic rings. The molecule has 0 aromatic heterocycles. The molecule has 0 bridgehead atoms. The first-order valence-corrected chi connectivity index (χ1v) is 13.0. The molecule has 0 aliphatic heterocycles. The molecule has 3 N–H and O–H groups in total. The number of carbonyl (C=O) groups is 1. The number of benzene rings is 1. The summed E-state index contributed by atoms with van der Waals surface area (Å²) in [4.78, 5) is 13.0. The molecule has 3 saturated carbocycles. The van der Waals surface area contributed by atoms with Crippen LogP contribution in [0.25, 0.3) is 0 Å². The van der Waals surface area contributed by atoms with Crippen molar-refractivity contribution < 1.29 is 19.4 Å². The second-order valence-corrected chi connectivity index (χ2v) is 10.9. The Morgan fingerprint density at radius 2 is 2.06 bits per heavy atom. The van der Waals surface area contributed by atoms with E-state index in [0.717, 1.165) is 57.8 Å². The molecule has 7 atom stereocenters. The Hall–Kier alpha value is -2.45. The molecule has 3 fully saturated rings. The SMILES string of the molecule is C#C[C@]1(OC(=O)COc2cccc(N)c2)CCC2C3CCC4=CC(O)CCC4C3CC[C@@]21CC. The summed E-state index contributed by atoms with van der Waals surface area (Å²) in [5, 5.41) is 10.1. The molecule has 4 aliphatic carbocycles. The average Bonchev–Trinajstić information content (AvgIpc) is 3.17. The fourth-order valence-corrected chi connectivity index (χ4v) is 8.22. The molecule has 5 rings (SSSR count). The van der Waals surface area contributed by atoms with Crippen LogP contribution in [0, 0.1) is 41.4 Å². The van der Waals surface area contributed by atoms with Crippen LogP contribution in [0.2, 0.25) is 0 Å². The van der Waals surface area contributed by atoms with E-state index in [1.165, 1.54) is 5.57 Å². The van der Waals surface area contributed by atoms with E-state index in [-0.39, 0.29) is 18.1 Å². The number of aliphatic hydroxyl groups is 1. The van der Waals surface area contributed by atoms with Gasteiger partial charge in [0.25, 0.3) is 0 Å². The first-order chi connectivity index (χ1) is 16.4. The summed E-state index contributed by atoms with van der Waals surface area (Å²) in [6, 6.07) is 7.04. The lowest BCUT2D eigenvalue weighted by molar-refractivity contribution is -0.175. The Balaban J connectivity index is 1.33. The van der Waals surface area contributed by atoms with Gasteiger partial charge < -0.3 is 20.3 Å². The summed E-state index contributed by atoms with van der Waals surface area (Å²) in [6.45, 7) is 2.04. The number of fused-ring (bicyclic) bond motifs is 5. The number of esters is 1. The molecular formula is C29H37NO4. The molecule has 5 unspecified atom stereocenters. The van der Waals surface area contributed by atoms with Crippen molar-refractivity contribution in [3.8, 4) is 18.1 Å². The minimum atomic E-state index is -0.869. The van der Waals surface area contributed by atoms with E-state index in [0.29, 0.717) is 35.1 Å². The number of hydrogen-bond acceptors (Lipinski definition) is 5. The molecule has 0 saturated heterocycles.